The molecule has 7 nitrogen and oxygen atoms in total. The van der Waals surface area contributed by atoms with Crippen molar-refractivity contribution in [1.82, 2.24) is 10.2 Å². The van der Waals surface area contributed by atoms with Gasteiger partial charge in [-0.3, -0.25) is 13.9 Å². The lowest BCUT2D eigenvalue weighted by Gasteiger charge is -2.31. The van der Waals surface area contributed by atoms with E-state index < -0.39 is 34.3 Å². The molecule has 0 saturated carbocycles. The van der Waals surface area contributed by atoms with Crippen LogP contribution in [0.4, 0.5) is 10.1 Å². The van der Waals surface area contributed by atoms with Gasteiger partial charge in [0.2, 0.25) is 11.8 Å². The number of carbonyl (C=O) groups is 2. The summed E-state index contributed by atoms with van der Waals surface area (Å²) in [6.07, 6.45) is 0. The summed E-state index contributed by atoms with van der Waals surface area (Å²) in [5.74, 6) is -1.50. The molecule has 0 saturated heterocycles. The van der Waals surface area contributed by atoms with Crippen molar-refractivity contribution in [2.75, 3.05) is 17.9 Å². The van der Waals surface area contributed by atoms with Gasteiger partial charge >= 0.3 is 0 Å². The van der Waals surface area contributed by atoms with Gasteiger partial charge in [0.25, 0.3) is 10.0 Å². The Balaban J connectivity index is 2.00. The molecule has 0 aromatic heterocycles. The Hall–Kier alpha value is -3.72. The van der Waals surface area contributed by atoms with Gasteiger partial charge in [0.1, 0.15) is 18.4 Å². The highest BCUT2D eigenvalue weighted by Gasteiger charge is 2.32. The van der Waals surface area contributed by atoms with Gasteiger partial charge in [-0.2, -0.15) is 0 Å². The van der Waals surface area contributed by atoms with E-state index in [0.29, 0.717) is 0 Å². The van der Waals surface area contributed by atoms with E-state index in [2.05, 4.69) is 5.32 Å². The molecule has 0 spiro atoms. The Morgan fingerprint density at radius 2 is 1.54 bits per heavy atom. The van der Waals surface area contributed by atoms with Crippen LogP contribution in [0, 0.1) is 12.7 Å². The number of halogens is 1. The fourth-order valence-corrected chi connectivity index (χ4v) is 4.97. The number of carbonyl (C=O) groups excluding carboxylic acids is 2. The topological polar surface area (TPSA) is 86.8 Å². The van der Waals surface area contributed by atoms with Gasteiger partial charge in [0.05, 0.1) is 10.6 Å². The third-order valence-electron chi connectivity index (χ3n) is 5.61. The van der Waals surface area contributed by atoms with E-state index in [0.717, 1.165) is 27.6 Å². The van der Waals surface area contributed by atoms with Crippen molar-refractivity contribution in [3.8, 4) is 0 Å². The van der Waals surface area contributed by atoms with E-state index >= 15 is 0 Å². The van der Waals surface area contributed by atoms with Gasteiger partial charge in [-0.15, -0.1) is 0 Å². The summed E-state index contributed by atoms with van der Waals surface area (Å²) < 4.78 is 41.5. The zero-order valence-electron chi connectivity index (χ0n) is 19.8. The predicted molar refractivity (Wildman–Crippen MR) is 133 cm³/mol. The van der Waals surface area contributed by atoms with Gasteiger partial charge in [-0.25, -0.2) is 12.8 Å². The number of anilines is 1. The molecule has 3 aromatic rings. The minimum absolute atomic E-state index is 0.0124. The standard InChI is InChI=1S/C26H28FN3O4S/c1-19-9-11-21(12-10-19)17-29(20(2)26(32)28-3)25(31)18-30(23-15-13-22(27)14-16-23)35(33,34)24-7-5-4-6-8-24/h4-16,20H,17-18H2,1-3H3,(H,28,32)/t20-/m0/s1. The number of nitrogens with one attached hydrogen (secondary N) is 1. The van der Waals surface area contributed by atoms with Crippen molar-refractivity contribution in [3.05, 3.63) is 95.8 Å². The van der Waals surface area contributed by atoms with Crippen LogP contribution in [0.15, 0.2) is 83.8 Å². The summed E-state index contributed by atoms with van der Waals surface area (Å²) in [5.41, 5.74) is 1.97. The third kappa shape index (κ3) is 6.24. The van der Waals surface area contributed by atoms with Crippen LogP contribution >= 0.6 is 0 Å². The summed E-state index contributed by atoms with van der Waals surface area (Å²) in [4.78, 5) is 27.3. The Morgan fingerprint density at radius 3 is 2.11 bits per heavy atom. The van der Waals surface area contributed by atoms with E-state index in [1.165, 1.54) is 36.2 Å². The number of sulfonamides is 1. The van der Waals surface area contributed by atoms with Crippen LogP contribution in [-0.4, -0.2) is 44.8 Å². The molecule has 9 heteroatoms. The first-order valence-corrected chi connectivity index (χ1v) is 12.5. The van der Waals surface area contributed by atoms with Crippen LogP contribution in [0.5, 0.6) is 0 Å². The van der Waals surface area contributed by atoms with Crippen LogP contribution in [0.1, 0.15) is 18.1 Å². The van der Waals surface area contributed by atoms with E-state index in [1.54, 1.807) is 25.1 Å². The second kappa shape index (κ2) is 11.1. The predicted octanol–water partition coefficient (Wildman–Crippen LogP) is 3.49. The highest BCUT2D eigenvalue weighted by atomic mass is 32.2. The number of benzene rings is 3. The number of hydrogen-bond acceptors (Lipinski definition) is 4. The van der Waals surface area contributed by atoms with Crippen LogP contribution in [0.25, 0.3) is 0 Å². The fourth-order valence-electron chi connectivity index (χ4n) is 3.54. The summed E-state index contributed by atoms with van der Waals surface area (Å²) in [5, 5.41) is 2.54. The van der Waals surface area contributed by atoms with Crippen molar-refractivity contribution < 1.29 is 22.4 Å². The maximum Gasteiger partial charge on any atom is 0.264 e. The molecule has 184 valence electrons. The Bertz CT molecular complexity index is 1260. The highest BCUT2D eigenvalue weighted by molar-refractivity contribution is 7.92. The zero-order valence-corrected chi connectivity index (χ0v) is 20.6. The van der Waals surface area contributed by atoms with Gasteiger partial charge in [-0.1, -0.05) is 48.0 Å². The lowest BCUT2D eigenvalue weighted by Crippen LogP contribution is -2.50. The molecular formula is C26H28FN3O4S. The molecule has 0 heterocycles. The Labute approximate surface area is 205 Å². The molecule has 1 N–H and O–H groups in total. The molecule has 35 heavy (non-hydrogen) atoms. The second-order valence-electron chi connectivity index (χ2n) is 8.10. The molecule has 3 aromatic carbocycles. The van der Waals surface area contributed by atoms with Crippen molar-refractivity contribution in [3.63, 3.8) is 0 Å². The summed E-state index contributed by atoms with van der Waals surface area (Å²) in [7, 11) is -2.69. The molecule has 1 atom stereocenters. The lowest BCUT2D eigenvalue weighted by atomic mass is 10.1. The molecule has 0 bridgehead atoms. The molecule has 0 radical (unpaired) electrons. The minimum atomic E-state index is -4.16. The van der Waals surface area contributed by atoms with Crippen LogP contribution in [0.3, 0.4) is 0 Å². The number of aryl methyl sites for hydroxylation is 1. The average molecular weight is 498 g/mol. The van der Waals surface area contributed by atoms with Gasteiger partial charge in [0.15, 0.2) is 0 Å². The van der Waals surface area contributed by atoms with Crippen LogP contribution in [0.2, 0.25) is 0 Å². The van der Waals surface area contributed by atoms with Gasteiger partial charge < -0.3 is 10.2 Å². The van der Waals surface area contributed by atoms with Crippen molar-refractivity contribution >= 4 is 27.5 Å². The molecule has 0 aliphatic heterocycles. The Kier molecular flexibility index (Phi) is 8.24. The van der Waals surface area contributed by atoms with E-state index in [9.17, 15) is 22.4 Å². The van der Waals surface area contributed by atoms with Crippen LogP contribution in [-0.2, 0) is 26.2 Å². The first-order valence-electron chi connectivity index (χ1n) is 11.0. The van der Waals surface area contributed by atoms with E-state index in [-0.39, 0.29) is 23.0 Å². The third-order valence-corrected chi connectivity index (χ3v) is 7.40. The monoisotopic (exact) mass is 497 g/mol. The van der Waals surface area contributed by atoms with Crippen molar-refractivity contribution in [2.45, 2.75) is 31.3 Å². The molecule has 0 fully saturated rings. The van der Waals surface area contributed by atoms with E-state index in [4.69, 9.17) is 0 Å². The smallest absolute Gasteiger partial charge is 0.264 e. The first kappa shape index (κ1) is 25.9. The van der Waals surface area contributed by atoms with Crippen LogP contribution < -0.4 is 9.62 Å². The van der Waals surface area contributed by atoms with Crippen molar-refractivity contribution in [1.29, 1.82) is 0 Å². The normalized spacial score (nSPS) is 12.0. The molecular weight excluding hydrogens is 469 g/mol. The maximum atomic E-state index is 13.6. The number of rotatable bonds is 9. The summed E-state index contributed by atoms with van der Waals surface area (Å²) >= 11 is 0. The second-order valence-corrected chi connectivity index (χ2v) is 9.96. The van der Waals surface area contributed by atoms with Crippen molar-refractivity contribution in [2.24, 2.45) is 0 Å². The first-order chi connectivity index (χ1) is 16.6. The zero-order chi connectivity index (χ0) is 25.6. The Morgan fingerprint density at radius 1 is 0.943 bits per heavy atom. The number of hydrogen-bond donors (Lipinski definition) is 1. The molecule has 0 aliphatic rings. The molecule has 2 amide bonds. The number of amides is 2. The molecule has 0 unspecified atom stereocenters. The molecule has 3 rings (SSSR count). The average Bonchev–Trinajstić information content (AvgIpc) is 2.87. The number of likely N-dealkylation sites (N-methyl/N-ethyl adjacent to an activating group) is 1. The van der Waals surface area contributed by atoms with Gasteiger partial charge in [-0.05, 0) is 55.8 Å². The minimum Gasteiger partial charge on any atom is -0.357 e. The summed E-state index contributed by atoms with van der Waals surface area (Å²) in [6.45, 7) is 3.06. The largest absolute Gasteiger partial charge is 0.357 e. The van der Waals surface area contributed by atoms with Gasteiger partial charge in [0, 0.05) is 13.6 Å². The SMILES string of the molecule is CNC(=O)[C@H](C)N(Cc1ccc(C)cc1)C(=O)CN(c1ccc(F)cc1)S(=O)(=O)c1ccccc1. The maximum absolute atomic E-state index is 13.6. The fraction of sp³-hybridized carbons (Fsp3) is 0.231. The van der Waals surface area contributed by atoms with E-state index in [1.807, 2.05) is 31.2 Å². The molecule has 0 aliphatic carbocycles. The quantitative estimate of drug-likeness (QED) is 0.490. The highest BCUT2D eigenvalue weighted by Crippen LogP contribution is 2.25. The lowest BCUT2D eigenvalue weighted by molar-refractivity contribution is -0.139. The number of nitrogens with zero attached hydrogens (tertiary/aromatic N) is 2. The summed E-state index contributed by atoms with van der Waals surface area (Å²) in [6, 6.07) is 19.2.